The van der Waals surface area contributed by atoms with Crippen molar-refractivity contribution in [3.8, 4) is 11.3 Å². The molecule has 1 unspecified atom stereocenters. The molecule has 3 aromatic rings. The predicted molar refractivity (Wildman–Crippen MR) is 101 cm³/mol. The molecular weight excluding hydrogens is 328 g/mol. The number of anilines is 1. The molecule has 7 heteroatoms. The van der Waals surface area contributed by atoms with E-state index < -0.39 is 6.98 Å². The summed E-state index contributed by atoms with van der Waals surface area (Å²) >= 11 is 0. The Kier molecular flexibility index (Phi) is 3.53. The second kappa shape index (κ2) is 6.84. The van der Waals surface area contributed by atoms with Crippen molar-refractivity contribution in [2.75, 3.05) is 18.4 Å². The van der Waals surface area contributed by atoms with Gasteiger partial charge >= 0.3 is 0 Å². The van der Waals surface area contributed by atoms with Crippen LogP contribution in [0.15, 0.2) is 36.9 Å². The monoisotopic (exact) mass is 353 g/mol. The van der Waals surface area contributed by atoms with E-state index in [4.69, 9.17) is 4.11 Å². The van der Waals surface area contributed by atoms with E-state index >= 15 is 0 Å². The zero-order chi connectivity index (χ0) is 20.6. The number of aromatic nitrogens is 4. The van der Waals surface area contributed by atoms with Crippen molar-refractivity contribution in [1.29, 1.82) is 0 Å². The molecule has 4 heterocycles. The topological polar surface area (TPSA) is 75.9 Å². The number of amides is 1. The van der Waals surface area contributed by atoms with Gasteiger partial charge in [0.2, 0.25) is 5.91 Å². The molecule has 1 saturated heterocycles. The molecule has 0 aliphatic carbocycles. The van der Waals surface area contributed by atoms with E-state index in [9.17, 15) is 4.79 Å². The van der Waals surface area contributed by atoms with Gasteiger partial charge in [0.1, 0.15) is 5.82 Å². The number of rotatable bonds is 4. The lowest BCUT2D eigenvalue weighted by Crippen LogP contribution is -2.40. The highest BCUT2D eigenvalue weighted by molar-refractivity contribution is 5.96. The van der Waals surface area contributed by atoms with Crippen molar-refractivity contribution in [2.24, 2.45) is 6.98 Å². The Bertz CT molecular complexity index is 1040. The molecule has 4 rings (SSSR count). The lowest BCUT2D eigenvalue weighted by Gasteiger charge is -2.22. The molecule has 7 nitrogen and oxygen atoms in total. The number of carbonyl (C=O) groups is 1. The average Bonchev–Trinajstić information content (AvgIpc) is 3.38. The van der Waals surface area contributed by atoms with Crippen LogP contribution in [0, 0.1) is 0 Å². The van der Waals surface area contributed by atoms with Gasteiger partial charge in [0.25, 0.3) is 0 Å². The van der Waals surface area contributed by atoms with Crippen molar-refractivity contribution in [1.82, 2.24) is 24.6 Å². The minimum Gasteiger partial charge on any atom is -0.309 e. The van der Waals surface area contributed by atoms with Crippen molar-refractivity contribution in [3.05, 3.63) is 36.9 Å². The van der Waals surface area contributed by atoms with Crippen LogP contribution in [-0.2, 0) is 11.8 Å². The molecule has 0 radical (unpaired) electrons. The summed E-state index contributed by atoms with van der Waals surface area (Å²) in [6.45, 7) is 1.46. The van der Waals surface area contributed by atoms with Crippen LogP contribution < -0.4 is 5.32 Å². The fourth-order valence-electron chi connectivity index (χ4n) is 3.24. The van der Waals surface area contributed by atoms with Gasteiger partial charge in [-0.2, -0.15) is 5.10 Å². The van der Waals surface area contributed by atoms with E-state index in [1.807, 2.05) is 13.0 Å². The zero-order valence-electron chi connectivity index (χ0n) is 17.5. The van der Waals surface area contributed by atoms with Gasteiger partial charge in [-0.3, -0.25) is 19.4 Å². The Morgan fingerprint density at radius 1 is 1.19 bits per heavy atom. The molecule has 1 fully saturated rings. The lowest BCUT2D eigenvalue weighted by molar-refractivity contribution is -0.120. The molecule has 134 valence electrons. The van der Waals surface area contributed by atoms with Gasteiger partial charge in [0.05, 0.1) is 17.9 Å². The standard InChI is InChI=1S/C19H22N6O/c1-13(25-5-3-4-6-25)19(26)23-18-8-14-7-17(16-11-22-24(2)12-16)20-9-15(14)10-21-18/h7-13H,3-6H2,1-2H3,(H,21,23,26)/i2D3. The summed E-state index contributed by atoms with van der Waals surface area (Å²) in [7, 11) is 0. The molecule has 1 N–H and O–H groups in total. The number of likely N-dealkylation sites (tertiary alicyclic amines) is 1. The van der Waals surface area contributed by atoms with E-state index in [-0.39, 0.29) is 11.9 Å². The highest BCUT2D eigenvalue weighted by Crippen LogP contribution is 2.23. The smallest absolute Gasteiger partial charge is 0.242 e. The molecule has 0 saturated carbocycles. The van der Waals surface area contributed by atoms with Gasteiger partial charge in [-0.25, -0.2) is 4.98 Å². The van der Waals surface area contributed by atoms with E-state index in [2.05, 4.69) is 25.3 Å². The van der Waals surface area contributed by atoms with Crippen molar-refractivity contribution < 1.29 is 8.91 Å². The minimum atomic E-state index is -2.33. The number of fused-ring (bicyclic) bond motifs is 1. The molecule has 0 aromatic carbocycles. The first kappa shape index (κ1) is 13.4. The number of nitrogens with one attached hydrogen (secondary N) is 1. The first-order valence-electron chi connectivity index (χ1n) is 10.2. The number of hydrogen-bond acceptors (Lipinski definition) is 5. The van der Waals surface area contributed by atoms with E-state index in [1.54, 1.807) is 18.5 Å². The van der Waals surface area contributed by atoms with Gasteiger partial charge in [0.15, 0.2) is 0 Å². The van der Waals surface area contributed by atoms with Crippen LogP contribution in [0.5, 0.6) is 0 Å². The van der Waals surface area contributed by atoms with Crippen LogP contribution in [0.4, 0.5) is 5.82 Å². The number of hydrogen-bond donors (Lipinski definition) is 1. The maximum absolute atomic E-state index is 12.6. The molecule has 0 bridgehead atoms. The molecule has 26 heavy (non-hydrogen) atoms. The summed E-state index contributed by atoms with van der Waals surface area (Å²) < 4.78 is 23.2. The molecule has 1 aliphatic heterocycles. The summed E-state index contributed by atoms with van der Waals surface area (Å²) in [6, 6.07) is 3.43. The Balaban J connectivity index is 1.56. The van der Waals surface area contributed by atoms with Crippen LogP contribution in [0.1, 0.15) is 23.9 Å². The van der Waals surface area contributed by atoms with Crippen LogP contribution >= 0.6 is 0 Å². The fourth-order valence-corrected chi connectivity index (χ4v) is 3.24. The zero-order valence-corrected chi connectivity index (χ0v) is 14.5. The van der Waals surface area contributed by atoms with E-state index in [1.165, 1.54) is 12.4 Å². The number of carbonyl (C=O) groups excluding carboxylic acids is 1. The molecule has 3 aromatic heterocycles. The third kappa shape index (κ3) is 3.30. The second-order valence-electron chi connectivity index (χ2n) is 6.57. The van der Waals surface area contributed by atoms with Crippen molar-refractivity contribution in [2.45, 2.75) is 25.8 Å². The molecule has 1 atom stereocenters. The summed E-state index contributed by atoms with van der Waals surface area (Å²) in [6.07, 6.45) is 8.50. The van der Waals surface area contributed by atoms with E-state index in [0.717, 1.165) is 41.4 Å². The SMILES string of the molecule is [2H]C([2H])([2H])n1cc(-c2cc3cc(NC(=O)C(C)N4CCCC4)ncc3cn2)cn1. The molecule has 1 amide bonds. The highest BCUT2D eigenvalue weighted by Gasteiger charge is 2.24. The third-order valence-electron chi connectivity index (χ3n) is 4.80. The largest absolute Gasteiger partial charge is 0.309 e. The number of nitrogens with zero attached hydrogens (tertiary/aromatic N) is 5. The maximum Gasteiger partial charge on any atom is 0.242 e. The van der Waals surface area contributed by atoms with Crippen LogP contribution in [0.3, 0.4) is 0 Å². The summed E-state index contributed by atoms with van der Waals surface area (Å²) in [5.74, 6) is 0.399. The first-order chi connectivity index (χ1) is 13.8. The molecule has 0 spiro atoms. The Labute approximate surface area is 156 Å². The van der Waals surface area contributed by atoms with Crippen molar-refractivity contribution >= 4 is 22.5 Å². The van der Waals surface area contributed by atoms with Crippen LogP contribution in [0.25, 0.3) is 22.0 Å². The normalized spacial score (nSPS) is 18.3. The minimum absolute atomic E-state index is 0.0769. The van der Waals surface area contributed by atoms with Gasteiger partial charge in [-0.1, -0.05) is 0 Å². The fraction of sp³-hybridized carbons (Fsp3) is 0.368. The summed E-state index contributed by atoms with van der Waals surface area (Å²) in [4.78, 5) is 23.4. The quantitative estimate of drug-likeness (QED) is 0.780. The maximum atomic E-state index is 12.6. The molecule has 1 aliphatic rings. The Morgan fingerprint density at radius 3 is 2.77 bits per heavy atom. The van der Waals surface area contributed by atoms with Gasteiger partial charge in [0, 0.05) is 40.6 Å². The van der Waals surface area contributed by atoms with Crippen LogP contribution in [-0.4, -0.2) is 49.7 Å². The van der Waals surface area contributed by atoms with Gasteiger partial charge < -0.3 is 5.32 Å². The van der Waals surface area contributed by atoms with E-state index in [0.29, 0.717) is 17.1 Å². The van der Waals surface area contributed by atoms with Crippen molar-refractivity contribution in [3.63, 3.8) is 0 Å². The highest BCUT2D eigenvalue weighted by atomic mass is 16.2. The lowest BCUT2D eigenvalue weighted by atomic mass is 10.1. The Morgan fingerprint density at radius 2 is 2.00 bits per heavy atom. The third-order valence-corrected chi connectivity index (χ3v) is 4.80. The second-order valence-corrected chi connectivity index (χ2v) is 6.57. The molecular formula is C19H22N6O. The number of pyridine rings is 2. The number of aryl methyl sites for hydroxylation is 1. The predicted octanol–water partition coefficient (Wildman–Crippen LogP) is 2.45. The first-order valence-corrected chi connectivity index (χ1v) is 8.67. The summed E-state index contributed by atoms with van der Waals surface area (Å²) in [5, 5.41) is 8.45. The van der Waals surface area contributed by atoms with Gasteiger partial charge in [-0.05, 0) is 50.4 Å². The summed E-state index contributed by atoms with van der Waals surface area (Å²) in [5.41, 5.74) is 1.20. The Hall–Kier alpha value is -2.80. The van der Waals surface area contributed by atoms with Crippen LogP contribution in [0.2, 0.25) is 0 Å². The average molecular weight is 353 g/mol. The van der Waals surface area contributed by atoms with Gasteiger partial charge in [-0.15, -0.1) is 0 Å².